The molecule has 1 aliphatic heterocycles. The van der Waals surface area contributed by atoms with Crippen molar-refractivity contribution in [3.63, 3.8) is 0 Å². The Morgan fingerprint density at radius 1 is 0.909 bits per heavy atom. The minimum atomic E-state index is 0.0730. The highest BCUT2D eigenvalue weighted by Gasteiger charge is 2.22. The maximum Gasteiger partial charge on any atom is 0.253 e. The first-order valence-corrected chi connectivity index (χ1v) is 11.9. The van der Waals surface area contributed by atoms with Crippen molar-refractivity contribution in [2.75, 3.05) is 26.2 Å². The van der Waals surface area contributed by atoms with Gasteiger partial charge in [-0.05, 0) is 66.4 Å². The number of carbonyl (C=O) groups is 1. The summed E-state index contributed by atoms with van der Waals surface area (Å²) in [5.74, 6) is 0.869. The molecule has 0 unspecified atom stereocenters. The SMILES string of the molecule is Cc1cc(OCc2ccc(C(=O)N3CCN(Cc4ccccc4Cl)CC3)cc2)cc(C)c1Cl. The molecular weight excluding hydrogens is 455 g/mol. The lowest BCUT2D eigenvalue weighted by molar-refractivity contribution is 0.0628. The Bertz CT molecular complexity index is 1100. The van der Waals surface area contributed by atoms with E-state index in [1.165, 1.54) is 0 Å². The lowest BCUT2D eigenvalue weighted by atomic mass is 10.1. The molecule has 0 bridgehead atoms. The van der Waals surface area contributed by atoms with Crippen LogP contribution in [0.5, 0.6) is 5.75 Å². The molecule has 0 aliphatic carbocycles. The summed E-state index contributed by atoms with van der Waals surface area (Å²) >= 11 is 12.5. The maximum atomic E-state index is 13.0. The molecule has 3 aromatic carbocycles. The summed E-state index contributed by atoms with van der Waals surface area (Å²) < 4.78 is 5.93. The number of halogens is 2. The lowest BCUT2D eigenvalue weighted by Crippen LogP contribution is -2.48. The van der Waals surface area contributed by atoms with Crippen LogP contribution < -0.4 is 4.74 Å². The molecule has 1 saturated heterocycles. The van der Waals surface area contributed by atoms with Crippen molar-refractivity contribution in [1.82, 2.24) is 9.80 Å². The van der Waals surface area contributed by atoms with Gasteiger partial charge in [0.05, 0.1) is 0 Å². The van der Waals surface area contributed by atoms with Gasteiger partial charge in [-0.15, -0.1) is 0 Å². The normalized spacial score (nSPS) is 14.4. The molecule has 0 saturated carbocycles. The molecule has 0 radical (unpaired) electrons. The number of carbonyl (C=O) groups excluding carboxylic acids is 1. The van der Waals surface area contributed by atoms with Crippen LogP contribution in [0, 0.1) is 13.8 Å². The van der Waals surface area contributed by atoms with Crippen LogP contribution in [-0.2, 0) is 13.2 Å². The minimum absolute atomic E-state index is 0.0730. The van der Waals surface area contributed by atoms with Gasteiger partial charge < -0.3 is 9.64 Å². The average molecular weight is 483 g/mol. The second-order valence-electron chi connectivity index (χ2n) is 8.52. The Balaban J connectivity index is 1.29. The molecule has 0 atom stereocenters. The van der Waals surface area contributed by atoms with Gasteiger partial charge in [0.2, 0.25) is 0 Å². The van der Waals surface area contributed by atoms with E-state index in [0.29, 0.717) is 25.3 Å². The van der Waals surface area contributed by atoms with Crippen molar-refractivity contribution in [1.29, 1.82) is 0 Å². The average Bonchev–Trinajstić information content (AvgIpc) is 2.83. The second kappa shape index (κ2) is 10.6. The van der Waals surface area contributed by atoms with Gasteiger partial charge in [0.25, 0.3) is 5.91 Å². The summed E-state index contributed by atoms with van der Waals surface area (Å²) in [5, 5.41) is 1.57. The van der Waals surface area contributed by atoms with Crippen LogP contribution in [0.15, 0.2) is 60.7 Å². The first-order chi connectivity index (χ1) is 15.9. The van der Waals surface area contributed by atoms with E-state index in [9.17, 15) is 4.79 Å². The van der Waals surface area contributed by atoms with Gasteiger partial charge in [0, 0.05) is 48.3 Å². The predicted octanol–water partition coefficient (Wildman–Crippen LogP) is 6.15. The first-order valence-electron chi connectivity index (χ1n) is 11.1. The van der Waals surface area contributed by atoms with Crippen molar-refractivity contribution in [3.05, 3.63) is 98.5 Å². The molecule has 3 aromatic rings. The van der Waals surface area contributed by atoms with E-state index in [4.69, 9.17) is 27.9 Å². The Kier molecular flexibility index (Phi) is 7.59. The number of aryl methyl sites for hydroxylation is 2. The molecule has 1 heterocycles. The highest BCUT2D eigenvalue weighted by atomic mass is 35.5. The van der Waals surface area contributed by atoms with Crippen LogP contribution in [0.2, 0.25) is 10.0 Å². The van der Waals surface area contributed by atoms with Gasteiger partial charge in [-0.3, -0.25) is 9.69 Å². The Morgan fingerprint density at radius 3 is 2.18 bits per heavy atom. The highest BCUT2D eigenvalue weighted by Crippen LogP contribution is 2.26. The van der Waals surface area contributed by atoms with Crippen LogP contribution in [0.25, 0.3) is 0 Å². The largest absolute Gasteiger partial charge is 0.489 e. The zero-order valence-corrected chi connectivity index (χ0v) is 20.5. The number of rotatable bonds is 6. The van der Waals surface area contributed by atoms with Crippen LogP contribution in [-0.4, -0.2) is 41.9 Å². The van der Waals surface area contributed by atoms with Gasteiger partial charge in [-0.2, -0.15) is 0 Å². The summed E-state index contributed by atoms with van der Waals surface area (Å²) in [5.41, 5.74) is 4.85. The summed E-state index contributed by atoms with van der Waals surface area (Å²) in [6.07, 6.45) is 0. The second-order valence-corrected chi connectivity index (χ2v) is 9.30. The molecular formula is C27H28Cl2N2O2. The van der Waals surface area contributed by atoms with E-state index in [2.05, 4.69) is 11.0 Å². The number of piperazine rings is 1. The Morgan fingerprint density at radius 2 is 1.55 bits per heavy atom. The van der Waals surface area contributed by atoms with Gasteiger partial charge in [-0.25, -0.2) is 0 Å². The predicted molar refractivity (Wildman–Crippen MR) is 134 cm³/mol. The molecule has 0 spiro atoms. The number of amides is 1. The van der Waals surface area contributed by atoms with Crippen molar-refractivity contribution in [2.24, 2.45) is 0 Å². The summed E-state index contributed by atoms with van der Waals surface area (Å²) in [7, 11) is 0. The number of hydrogen-bond donors (Lipinski definition) is 0. The topological polar surface area (TPSA) is 32.8 Å². The summed E-state index contributed by atoms with van der Waals surface area (Å²) in [6, 6.07) is 19.5. The van der Waals surface area contributed by atoms with Crippen LogP contribution in [0.3, 0.4) is 0 Å². The quantitative estimate of drug-likeness (QED) is 0.422. The summed E-state index contributed by atoms with van der Waals surface area (Å²) in [4.78, 5) is 17.2. The first kappa shape index (κ1) is 23.6. The molecule has 0 N–H and O–H groups in total. The minimum Gasteiger partial charge on any atom is -0.489 e. The zero-order valence-electron chi connectivity index (χ0n) is 19.0. The molecule has 1 aliphatic rings. The zero-order chi connectivity index (χ0) is 23.4. The standard InChI is InChI=1S/C27H28Cl2N2O2/c1-19-15-24(16-20(2)26(19)29)33-18-21-7-9-22(10-8-21)27(32)31-13-11-30(12-14-31)17-23-5-3-4-6-25(23)28/h3-10,15-16H,11-14,17-18H2,1-2H3. The fourth-order valence-electron chi connectivity index (χ4n) is 4.06. The van der Waals surface area contributed by atoms with Gasteiger partial charge >= 0.3 is 0 Å². The molecule has 4 rings (SSSR count). The number of ether oxygens (including phenoxy) is 1. The van der Waals surface area contributed by atoms with Crippen molar-refractivity contribution < 1.29 is 9.53 Å². The maximum absolute atomic E-state index is 13.0. The number of benzene rings is 3. The fraction of sp³-hybridized carbons (Fsp3) is 0.296. The number of nitrogens with zero attached hydrogens (tertiary/aromatic N) is 2. The van der Waals surface area contributed by atoms with Gasteiger partial charge in [0.15, 0.2) is 0 Å². The third-order valence-electron chi connectivity index (χ3n) is 6.03. The molecule has 6 heteroatoms. The van der Waals surface area contributed by atoms with Crippen LogP contribution in [0.4, 0.5) is 0 Å². The van der Waals surface area contributed by atoms with Gasteiger partial charge in [-0.1, -0.05) is 53.5 Å². The van der Waals surface area contributed by atoms with E-state index in [0.717, 1.165) is 57.7 Å². The van der Waals surface area contributed by atoms with E-state index in [-0.39, 0.29) is 5.91 Å². The number of hydrogen-bond acceptors (Lipinski definition) is 3. The Labute approximate surface area is 205 Å². The van der Waals surface area contributed by atoms with E-state index < -0.39 is 0 Å². The van der Waals surface area contributed by atoms with Crippen molar-refractivity contribution in [3.8, 4) is 5.75 Å². The third kappa shape index (κ3) is 5.89. The lowest BCUT2D eigenvalue weighted by Gasteiger charge is -2.35. The monoisotopic (exact) mass is 482 g/mol. The van der Waals surface area contributed by atoms with Gasteiger partial charge in [0.1, 0.15) is 12.4 Å². The highest BCUT2D eigenvalue weighted by molar-refractivity contribution is 6.32. The molecule has 4 nitrogen and oxygen atoms in total. The molecule has 172 valence electrons. The van der Waals surface area contributed by atoms with E-state index in [1.54, 1.807) is 0 Å². The molecule has 33 heavy (non-hydrogen) atoms. The van der Waals surface area contributed by atoms with Crippen LogP contribution in [0.1, 0.15) is 32.6 Å². The Hall–Kier alpha value is -2.53. The third-order valence-corrected chi connectivity index (χ3v) is 6.99. The fourth-order valence-corrected chi connectivity index (χ4v) is 4.36. The van der Waals surface area contributed by atoms with Crippen molar-refractivity contribution >= 4 is 29.1 Å². The smallest absolute Gasteiger partial charge is 0.253 e. The molecule has 1 fully saturated rings. The summed E-state index contributed by atoms with van der Waals surface area (Å²) in [6.45, 7) is 8.29. The van der Waals surface area contributed by atoms with Crippen LogP contribution >= 0.6 is 23.2 Å². The van der Waals surface area contributed by atoms with E-state index in [1.807, 2.05) is 73.3 Å². The van der Waals surface area contributed by atoms with Crippen molar-refractivity contribution in [2.45, 2.75) is 27.0 Å². The molecule has 1 amide bonds. The molecule has 0 aromatic heterocycles. The van der Waals surface area contributed by atoms with E-state index >= 15 is 0 Å².